The Morgan fingerprint density at radius 3 is 2.59 bits per heavy atom. The maximum atomic E-state index is 12.6. The molecule has 0 radical (unpaired) electrons. The number of aromatic nitrogens is 1. The third kappa shape index (κ3) is 4.68. The minimum absolute atomic E-state index is 0.252. The van der Waals surface area contributed by atoms with Crippen LogP contribution in [0.4, 0.5) is 0 Å². The van der Waals surface area contributed by atoms with Crippen LogP contribution in [0.2, 0.25) is 0 Å². The summed E-state index contributed by atoms with van der Waals surface area (Å²) in [6, 6.07) is 10.7. The van der Waals surface area contributed by atoms with Crippen LogP contribution in [0.1, 0.15) is 34.1 Å². The van der Waals surface area contributed by atoms with Crippen molar-refractivity contribution < 1.29 is 24.2 Å². The van der Waals surface area contributed by atoms with Crippen LogP contribution < -0.4 is 14.8 Å². The van der Waals surface area contributed by atoms with E-state index in [1.54, 1.807) is 25.1 Å². The summed E-state index contributed by atoms with van der Waals surface area (Å²) in [5.74, 6) is -0.715. The number of hydrogen-bond donors (Lipinski definition) is 3. The lowest BCUT2D eigenvalue weighted by Crippen LogP contribution is -2.22. The number of ether oxygens (including phenoxy) is 2. The molecule has 29 heavy (non-hydrogen) atoms. The summed E-state index contributed by atoms with van der Waals surface area (Å²) in [4.78, 5) is 26.6. The van der Waals surface area contributed by atoms with Crippen molar-refractivity contribution in [2.45, 2.75) is 27.3 Å². The molecule has 0 aliphatic heterocycles. The predicted octanol–water partition coefficient (Wildman–Crippen LogP) is 3.58. The Labute approximate surface area is 168 Å². The Balaban J connectivity index is 1.72. The Hall–Kier alpha value is -3.48. The number of aliphatic carboxylic acids is 1. The largest absolute Gasteiger partial charge is 0.490 e. The van der Waals surface area contributed by atoms with Crippen LogP contribution in [0.3, 0.4) is 0 Å². The van der Waals surface area contributed by atoms with Gasteiger partial charge in [-0.15, -0.1) is 0 Å². The van der Waals surface area contributed by atoms with E-state index >= 15 is 0 Å². The van der Waals surface area contributed by atoms with E-state index in [2.05, 4.69) is 23.3 Å². The number of fused-ring (bicyclic) bond motifs is 1. The van der Waals surface area contributed by atoms with Gasteiger partial charge in [-0.25, -0.2) is 4.79 Å². The lowest BCUT2D eigenvalue weighted by molar-refractivity contribution is -0.139. The fourth-order valence-electron chi connectivity index (χ4n) is 3.08. The maximum absolute atomic E-state index is 12.6. The lowest BCUT2D eigenvalue weighted by Gasteiger charge is -2.12. The molecule has 3 N–H and O–H groups in total. The highest BCUT2D eigenvalue weighted by atomic mass is 16.5. The molecule has 7 heteroatoms. The van der Waals surface area contributed by atoms with Crippen molar-refractivity contribution in [2.24, 2.45) is 0 Å². The quantitative estimate of drug-likeness (QED) is 0.540. The van der Waals surface area contributed by atoms with Crippen molar-refractivity contribution in [1.29, 1.82) is 0 Å². The van der Waals surface area contributed by atoms with Crippen LogP contribution in [0.5, 0.6) is 11.5 Å². The van der Waals surface area contributed by atoms with Gasteiger partial charge in [0.2, 0.25) is 0 Å². The third-order valence-corrected chi connectivity index (χ3v) is 4.68. The number of carboxylic acids is 1. The van der Waals surface area contributed by atoms with Crippen molar-refractivity contribution >= 4 is 22.8 Å². The van der Waals surface area contributed by atoms with E-state index in [-0.39, 0.29) is 11.7 Å². The molecule has 0 spiro atoms. The smallest absolute Gasteiger partial charge is 0.341 e. The van der Waals surface area contributed by atoms with Crippen LogP contribution >= 0.6 is 0 Å². The average molecular weight is 396 g/mol. The van der Waals surface area contributed by atoms with Crippen molar-refractivity contribution in [1.82, 2.24) is 10.3 Å². The van der Waals surface area contributed by atoms with Gasteiger partial charge in [-0.3, -0.25) is 4.79 Å². The molecule has 1 heterocycles. The summed E-state index contributed by atoms with van der Waals surface area (Å²) in [6.07, 6.45) is 0. The molecule has 0 atom stereocenters. The Morgan fingerprint density at radius 1 is 1.07 bits per heavy atom. The van der Waals surface area contributed by atoms with Crippen LogP contribution in [0.25, 0.3) is 10.9 Å². The lowest BCUT2D eigenvalue weighted by atomic mass is 10.1. The number of carboxylic acid groups (broad SMARTS) is 1. The molecule has 0 fully saturated rings. The number of carbonyl (C=O) groups is 2. The molecule has 0 unspecified atom stereocenters. The van der Waals surface area contributed by atoms with Crippen molar-refractivity contribution in [3.63, 3.8) is 0 Å². The molecular formula is C22H24N2O5. The highest BCUT2D eigenvalue weighted by molar-refractivity contribution is 5.95. The zero-order valence-electron chi connectivity index (χ0n) is 16.7. The first-order valence-electron chi connectivity index (χ1n) is 9.36. The summed E-state index contributed by atoms with van der Waals surface area (Å²) < 4.78 is 10.7. The minimum atomic E-state index is -1.08. The number of aryl methyl sites for hydroxylation is 2. The zero-order valence-corrected chi connectivity index (χ0v) is 16.7. The van der Waals surface area contributed by atoms with Gasteiger partial charge in [0, 0.05) is 28.7 Å². The van der Waals surface area contributed by atoms with E-state index in [0.29, 0.717) is 24.5 Å². The fraction of sp³-hybridized carbons (Fsp3) is 0.273. The molecule has 0 aliphatic rings. The third-order valence-electron chi connectivity index (χ3n) is 4.68. The molecular weight excluding hydrogens is 372 g/mol. The molecule has 0 aliphatic carbocycles. The zero-order chi connectivity index (χ0) is 21.0. The Kier molecular flexibility index (Phi) is 6.07. The number of rotatable bonds is 8. The maximum Gasteiger partial charge on any atom is 0.341 e. The standard InChI is InChI=1S/C22H24N2O5/c1-4-28-20-10-16(6-8-19(20)29-12-21(25)26)22(27)23-11-15-5-7-18-17(9-15)13(2)14(3)24-18/h5-10,24H,4,11-12H2,1-3H3,(H,23,27)(H,25,26). The topological polar surface area (TPSA) is 101 Å². The summed E-state index contributed by atoms with van der Waals surface area (Å²) in [5.41, 5.74) is 4.82. The number of nitrogens with one attached hydrogen (secondary N) is 2. The normalized spacial score (nSPS) is 10.7. The van der Waals surface area contributed by atoms with E-state index in [9.17, 15) is 9.59 Å². The van der Waals surface area contributed by atoms with Gasteiger partial charge in [-0.1, -0.05) is 6.07 Å². The van der Waals surface area contributed by atoms with Crippen molar-refractivity contribution in [3.8, 4) is 11.5 Å². The highest BCUT2D eigenvalue weighted by Gasteiger charge is 2.13. The number of amides is 1. The summed E-state index contributed by atoms with van der Waals surface area (Å²) in [7, 11) is 0. The van der Waals surface area contributed by atoms with Gasteiger partial charge in [0.15, 0.2) is 18.1 Å². The second-order valence-corrected chi connectivity index (χ2v) is 6.71. The van der Waals surface area contributed by atoms with Crippen LogP contribution in [0, 0.1) is 13.8 Å². The number of benzene rings is 2. The van der Waals surface area contributed by atoms with Gasteiger partial charge in [0.05, 0.1) is 6.61 Å². The van der Waals surface area contributed by atoms with Crippen molar-refractivity contribution in [2.75, 3.05) is 13.2 Å². The van der Waals surface area contributed by atoms with Crippen molar-refractivity contribution in [3.05, 3.63) is 58.8 Å². The molecule has 0 saturated heterocycles. The second kappa shape index (κ2) is 8.68. The Bertz CT molecular complexity index is 1050. The van der Waals surface area contributed by atoms with E-state index in [1.165, 1.54) is 5.56 Å². The number of carbonyl (C=O) groups excluding carboxylic acids is 1. The highest BCUT2D eigenvalue weighted by Crippen LogP contribution is 2.28. The van der Waals surface area contributed by atoms with E-state index in [0.717, 1.165) is 22.2 Å². The van der Waals surface area contributed by atoms with Gasteiger partial charge in [-0.05, 0) is 62.2 Å². The molecule has 1 aromatic heterocycles. The van der Waals surface area contributed by atoms with Gasteiger partial charge in [-0.2, -0.15) is 0 Å². The molecule has 0 bridgehead atoms. The van der Waals surface area contributed by atoms with E-state index in [1.807, 2.05) is 19.1 Å². The molecule has 7 nitrogen and oxygen atoms in total. The van der Waals surface area contributed by atoms with E-state index in [4.69, 9.17) is 14.6 Å². The summed E-state index contributed by atoms with van der Waals surface area (Å²) >= 11 is 0. The molecule has 152 valence electrons. The molecule has 3 aromatic rings. The first kappa shape index (κ1) is 20.3. The van der Waals surface area contributed by atoms with Crippen LogP contribution in [-0.4, -0.2) is 35.2 Å². The molecule has 0 saturated carbocycles. The first-order valence-corrected chi connectivity index (χ1v) is 9.36. The monoisotopic (exact) mass is 396 g/mol. The summed E-state index contributed by atoms with van der Waals surface area (Å²) in [5, 5.41) is 12.8. The number of hydrogen-bond acceptors (Lipinski definition) is 4. The van der Waals surface area contributed by atoms with Crippen LogP contribution in [0.15, 0.2) is 36.4 Å². The van der Waals surface area contributed by atoms with Gasteiger partial charge < -0.3 is 24.9 Å². The van der Waals surface area contributed by atoms with Gasteiger partial charge in [0.25, 0.3) is 5.91 Å². The predicted molar refractivity (Wildman–Crippen MR) is 110 cm³/mol. The fourth-order valence-corrected chi connectivity index (χ4v) is 3.08. The van der Waals surface area contributed by atoms with E-state index < -0.39 is 12.6 Å². The molecule has 2 aromatic carbocycles. The first-order chi connectivity index (χ1) is 13.9. The van der Waals surface area contributed by atoms with Crippen LogP contribution in [-0.2, 0) is 11.3 Å². The minimum Gasteiger partial charge on any atom is -0.490 e. The summed E-state index contributed by atoms with van der Waals surface area (Å²) in [6.45, 7) is 6.18. The molecule has 1 amide bonds. The Morgan fingerprint density at radius 2 is 1.86 bits per heavy atom. The average Bonchev–Trinajstić information content (AvgIpc) is 2.98. The number of H-pyrrole nitrogens is 1. The van der Waals surface area contributed by atoms with Gasteiger partial charge in [0.1, 0.15) is 0 Å². The van der Waals surface area contributed by atoms with Gasteiger partial charge >= 0.3 is 5.97 Å². The molecule has 3 rings (SSSR count). The number of aromatic amines is 1. The SMILES string of the molecule is CCOc1cc(C(=O)NCc2ccc3[nH]c(C)c(C)c3c2)ccc1OCC(=O)O. The second-order valence-electron chi connectivity index (χ2n) is 6.71.